The molecule has 0 N–H and O–H groups in total. The largest absolute Gasteiger partial charge is 0.497 e. The van der Waals surface area contributed by atoms with Gasteiger partial charge >= 0.3 is 0 Å². The van der Waals surface area contributed by atoms with Crippen LogP contribution in [-0.2, 0) is 16.0 Å². The third-order valence-electron chi connectivity index (χ3n) is 5.37. The van der Waals surface area contributed by atoms with Gasteiger partial charge in [0.2, 0.25) is 11.8 Å². The Morgan fingerprint density at radius 1 is 1.10 bits per heavy atom. The summed E-state index contributed by atoms with van der Waals surface area (Å²) < 4.78 is 10.8. The van der Waals surface area contributed by atoms with Gasteiger partial charge in [-0.3, -0.25) is 9.59 Å². The first-order chi connectivity index (χ1) is 14.0. The highest BCUT2D eigenvalue weighted by atomic mass is 16.5. The van der Waals surface area contributed by atoms with Crippen molar-refractivity contribution in [2.45, 2.75) is 25.8 Å². The van der Waals surface area contributed by atoms with Crippen LogP contribution in [0.2, 0.25) is 0 Å². The SMILES string of the molecule is COc1ccc(OCCN(C)C(=O)CC2c3ccccc3CCN2C(C)=O)cc1. The summed E-state index contributed by atoms with van der Waals surface area (Å²) in [5, 5.41) is 0. The summed E-state index contributed by atoms with van der Waals surface area (Å²) in [4.78, 5) is 28.4. The molecule has 1 unspecified atom stereocenters. The molecule has 0 aromatic heterocycles. The smallest absolute Gasteiger partial charge is 0.224 e. The molecule has 0 radical (unpaired) electrons. The fraction of sp³-hybridized carbons (Fsp3) is 0.391. The minimum absolute atomic E-state index is 0.00259. The van der Waals surface area contributed by atoms with E-state index in [1.54, 1.807) is 26.0 Å². The van der Waals surface area contributed by atoms with Gasteiger partial charge in [0.15, 0.2) is 0 Å². The number of methoxy groups -OCH3 is 1. The van der Waals surface area contributed by atoms with Gasteiger partial charge in [0.1, 0.15) is 18.1 Å². The van der Waals surface area contributed by atoms with Crippen LogP contribution in [0.25, 0.3) is 0 Å². The lowest BCUT2D eigenvalue weighted by molar-refractivity contribution is -0.136. The van der Waals surface area contributed by atoms with Gasteiger partial charge in [-0.25, -0.2) is 0 Å². The van der Waals surface area contributed by atoms with E-state index < -0.39 is 0 Å². The maximum atomic E-state index is 12.8. The Morgan fingerprint density at radius 2 is 1.79 bits per heavy atom. The Bertz CT molecular complexity index is 850. The van der Waals surface area contributed by atoms with E-state index in [0.717, 1.165) is 23.5 Å². The van der Waals surface area contributed by atoms with Crippen LogP contribution in [0.3, 0.4) is 0 Å². The first-order valence-corrected chi connectivity index (χ1v) is 9.85. The van der Waals surface area contributed by atoms with E-state index in [0.29, 0.717) is 19.7 Å². The zero-order chi connectivity index (χ0) is 20.8. The van der Waals surface area contributed by atoms with Gasteiger partial charge in [-0.1, -0.05) is 24.3 Å². The third kappa shape index (κ3) is 5.08. The molecule has 29 heavy (non-hydrogen) atoms. The second kappa shape index (κ2) is 9.45. The summed E-state index contributed by atoms with van der Waals surface area (Å²) >= 11 is 0. The summed E-state index contributed by atoms with van der Waals surface area (Å²) in [6.07, 6.45) is 1.10. The average Bonchev–Trinajstić information content (AvgIpc) is 2.74. The van der Waals surface area contributed by atoms with Crippen LogP contribution >= 0.6 is 0 Å². The highest BCUT2D eigenvalue weighted by Gasteiger charge is 2.31. The Labute approximate surface area is 172 Å². The molecule has 1 atom stereocenters. The maximum Gasteiger partial charge on any atom is 0.224 e. The quantitative estimate of drug-likeness (QED) is 0.722. The molecule has 0 saturated heterocycles. The number of likely N-dealkylation sites (N-methyl/N-ethyl adjacent to an activating group) is 1. The minimum Gasteiger partial charge on any atom is -0.497 e. The van der Waals surface area contributed by atoms with Gasteiger partial charge in [0, 0.05) is 20.5 Å². The normalized spacial score (nSPS) is 15.4. The fourth-order valence-electron chi connectivity index (χ4n) is 3.67. The first-order valence-electron chi connectivity index (χ1n) is 9.85. The standard InChI is InChI=1S/C23H28N2O4/c1-17(26)25-13-12-18-6-4-5-7-21(18)22(25)16-23(27)24(2)14-15-29-20-10-8-19(28-3)9-11-20/h4-11,22H,12-16H2,1-3H3. The molecule has 2 aromatic carbocycles. The van der Waals surface area contributed by atoms with Crippen molar-refractivity contribution in [1.29, 1.82) is 0 Å². The van der Waals surface area contributed by atoms with Crippen LogP contribution in [0.5, 0.6) is 11.5 Å². The molecule has 6 nitrogen and oxygen atoms in total. The van der Waals surface area contributed by atoms with E-state index >= 15 is 0 Å². The van der Waals surface area contributed by atoms with Crippen molar-refractivity contribution in [1.82, 2.24) is 9.80 Å². The Hall–Kier alpha value is -3.02. The molecule has 154 valence electrons. The molecule has 3 rings (SSSR count). The first kappa shape index (κ1) is 20.7. The van der Waals surface area contributed by atoms with Gasteiger partial charge in [-0.2, -0.15) is 0 Å². The van der Waals surface area contributed by atoms with Crippen LogP contribution < -0.4 is 9.47 Å². The number of nitrogens with zero attached hydrogens (tertiary/aromatic N) is 2. The lowest BCUT2D eigenvalue weighted by atomic mass is 9.90. The Morgan fingerprint density at radius 3 is 2.48 bits per heavy atom. The van der Waals surface area contributed by atoms with Crippen molar-refractivity contribution in [3.63, 3.8) is 0 Å². The van der Waals surface area contributed by atoms with Gasteiger partial charge < -0.3 is 19.3 Å². The van der Waals surface area contributed by atoms with Crippen LogP contribution in [0, 0.1) is 0 Å². The lowest BCUT2D eigenvalue weighted by Crippen LogP contribution is -2.42. The molecule has 1 aliphatic heterocycles. The molecule has 6 heteroatoms. The van der Waals surface area contributed by atoms with E-state index in [1.165, 1.54) is 5.56 Å². The van der Waals surface area contributed by atoms with Gasteiger partial charge in [0.05, 0.1) is 26.1 Å². The number of carbonyl (C=O) groups excluding carboxylic acids is 2. The van der Waals surface area contributed by atoms with Crippen LogP contribution in [0.4, 0.5) is 0 Å². The summed E-state index contributed by atoms with van der Waals surface area (Å²) in [5.41, 5.74) is 2.29. The lowest BCUT2D eigenvalue weighted by Gasteiger charge is -2.37. The molecule has 1 heterocycles. The molecule has 2 aromatic rings. The monoisotopic (exact) mass is 396 g/mol. The zero-order valence-corrected chi connectivity index (χ0v) is 17.3. The molecular weight excluding hydrogens is 368 g/mol. The van der Waals surface area contributed by atoms with Crippen LogP contribution in [0.1, 0.15) is 30.5 Å². The number of hydrogen-bond donors (Lipinski definition) is 0. The molecule has 0 fully saturated rings. The number of hydrogen-bond acceptors (Lipinski definition) is 4. The predicted molar refractivity (Wildman–Crippen MR) is 111 cm³/mol. The van der Waals surface area contributed by atoms with E-state index in [1.807, 2.05) is 47.4 Å². The highest BCUT2D eigenvalue weighted by Crippen LogP contribution is 2.32. The minimum atomic E-state index is -0.213. The molecule has 0 spiro atoms. The van der Waals surface area contributed by atoms with Crippen molar-refractivity contribution in [3.05, 3.63) is 59.7 Å². The number of fused-ring (bicyclic) bond motifs is 1. The summed E-state index contributed by atoms with van der Waals surface area (Å²) in [5.74, 6) is 1.50. The number of amides is 2. The van der Waals surface area contributed by atoms with Crippen LogP contribution in [0.15, 0.2) is 48.5 Å². The Kier molecular flexibility index (Phi) is 6.75. The fourth-order valence-corrected chi connectivity index (χ4v) is 3.67. The number of rotatable bonds is 7. The van der Waals surface area contributed by atoms with Crippen molar-refractivity contribution < 1.29 is 19.1 Å². The Balaban J connectivity index is 1.58. The van der Waals surface area contributed by atoms with Crippen molar-refractivity contribution in [3.8, 4) is 11.5 Å². The molecule has 2 amide bonds. The van der Waals surface area contributed by atoms with Gasteiger partial charge in [0.25, 0.3) is 0 Å². The molecular formula is C23H28N2O4. The molecule has 1 aliphatic rings. The van der Waals surface area contributed by atoms with Crippen molar-refractivity contribution >= 4 is 11.8 Å². The van der Waals surface area contributed by atoms with Crippen molar-refractivity contribution in [2.24, 2.45) is 0 Å². The van der Waals surface area contributed by atoms with E-state index in [4.69, 9.17) is 9.47 Å². The number of ether oxygens (including phenoxy) is 2. The molecule has 0 aliphatic carbocycles. The average molecular weight is 396 g/mol. The number of carbonyl (C=O) groups is 2. The van der Waals surface area contributed by atoms with Crippen LogP contribution in [-0.4, -0.2) is 55.5 Å². The van der Waals surface area contributed by atoms with E-state index in [-0.39, 0.29) is 24.3 Å². The predicted octanol–water partition coefficient (Wildman–Crippen LogP) is 3.07. The summed E-state index contributed by atoms with van der Waals surface area (Å²) in [7, 11) is 3.39. The third-order valence-corrected chi connectivity index (χ3v) is 5.37. The van der Waals surface area contributed by atoms with E-state index in [2.05, 4.69) is 6.07 Å². The van der Waals surface area contributed by atoms with Crippen molar-refractivity contribution in [2.75, 3.05) is 33.9 Å². The number of benzene rings is 2. The van der Waals surface area contributed by atoms with Gasteiger partial charge in [-0.15, -0.1) is 0 Å². The molecule has 0 bridgehead atoms. The molecule has 0 saturated carbocycles. The highest BCUT2D eigenvalue weighted by molar-refractivity contribution is 5.79. The van der Waals surface area contributed by atoms with Gasteiger partial charge in [-0.05, 0) is 41.8 Å². The zero-order valence-electron chi connectivity index (χ0n) is 17.3. The topological polar surface area (TPSA) is 59.1 Å². The van der Waals surface area contributed by atoms with E-state index in [9.17, 15) is 9.59 Å². The second-order valence-electron chi connectivity index (χ2n) is 7.22. The maximum absolute atomic E-state index is 12.8. The summed E-state index contributed by atoms with van der Waals surface area (Å²) in [6, 6.07) is 15.2. The summed E-state index contributed by atoms with van der Waals surface area (Å²) in [6.45, 7) is 3.08. The second-order valence-corrected chi connectivity index (χ2v) is 7.22.